The van der Waals surface area contributed by atoms with Gasteiger partial charge >= 0.3 is 6.09 Å². The summed E-state index contributed by atoms with van der Waals surface area (Å²) in [6.45, 7) is 8.46. The van der Waals surface area contributed by atoms with Gasteiger partial charge in [0.1, 0.15) is 24.4 Å². The van der Waals surface area contributed by atoms with E-state index in [0.717, 1.165) is 38.5 Å². The molecule has 0 unspecified atom stereocenters. The van der Waals surface area contributed by atoms with E-state index in [1.165, 1.54) is 140 Å². The third-order valence-electron chi connectivity index (χ3n) is 11.3. The minimum atomic E-state index is -1.48. The van der Waals surface area contributed by atoms with Crippen LogP contribution in [0.5, 0.6) is 0 Å². The monoisotopic (exact) mass is 784 g/mol. The number of nitrogens with one attached hydrogen (secondary N) is 1. The van der Waals surface area contributed by atoms with E-state index in [0.29, 0.717) is 19.4 Å². The Morgan fingerprint density at radius 1 is 0.655 bits per heavy atom. The topological polar surface area (TPSA) is 155 Å². The van der Waals surface area contributed by atoms with Gasteiger partial charge in [0.15, 0.2) is 6.23 Å². The van der Waals surface area contributed by atoms with Crippen LogP contribution in [-0.2, 0) is 14.3 Å². The molecule has 6 N–H and O–H groups in total. The van der Waals surface area contributed by atoms with Crippen LogP contribution < -0.4 is 11.1 Å². The highest BCUT2D eigenvalue weighted by atomic mass is 16.6. The first-order valence-electron chi connectivity index (χ1n) is 23.3. The smallest absolute Gasteiger partial charge is 0.411 e. The molecular weight excluding hydrogens is 695 g/mol. The largest absolute Gasteiger partial charge is 0.449 e. The van der Waals surface area contributed by atoms with Crippen LogP contribution in [0.2, 0.25) is 0 Å². The van der Waals surface area contributed by atoms with Crippen molar-refractivity contribution in [1.29, 1.82) is 0 Å². The number of carbonyl (C=O) groups is 2. The molecule has 326 valence electrons. The van der Waals surface area contributed by atoms with Crippen molar-refractivity contribution in [2.45, 2.75) is 251 Å². The first kappa shape index (κ1) is 51.6. The van der Waals surface area contributed by atoms with Gasteiger partial charge in [-0.25, -0.2) is 4.79 Å². The fraction of sp³-hybridized carbons (Fsp3) is 0.956. The van der Waals surface area contributed by atoms with Crippen LogP contribution >= 0.6 is 0 Å². The number of nitrogens with zero attached hydrogens (tertiary/aromatic N) is 1. The second kappa shape index (κ2) is 34.6. The average Bonchev–Trinajstić information content (AvgIpc) is 3.16. The first-order chi connectivity index (χ1) is 26.7. The Morgan fingerprint density at radius 3 is 1.45 bits per heavy atom. The highest BCUT2D eigenvalue weighted by Crippen LogP contribution is 2.26. The number of rotatable bonds is 36. The molecule has 0 radical (unpaired) electrons. The van der Waals surface area contributed by atoms with Crippen LogP contribution in [0.3, 0.4) is 0 Å². The maximum Gasteiger partial charge on any atom is 0.411 e. The number of aliphatic hydroxyl groups is 3. The first-order valence-corrected chi connectivity index (χ1v) is 23.3. The van der Waals surface area contributed by atoms with E-state index >= 15 is 0 Å². The molecule has 1 fully saturated rings. The summed E-state index contributed by atoms with van der Waals surface area (Å²) in [6, 6.07) is -1.98. The fourth-order valence-electron chi connectivity index (χ4n) is 7.74. The summed E-state index contributed by atoms with van der Waals surface area (Å²) >= 11 is 0. The number of ether oxygens (including phenoxy) is 2. The zero-order chi connectivity index (χ0) is 40.5. The minimum Gasteiger partial charge on any atom is -0.449 e. The zero-order valence-electron chi connectivity index (χ0n) is 36.2. The molecule has 0 aliphatic carbocycles. The van der Waals surface area contributed by atoms with Gasteiger partial charge in [-0.05, 0) is 25.2 Å². The van der Waals surface area contributed by atoms with Crippen LogP contribution in [0, 0.1) is 5.92 Å². The summed E-state index contributed by atoms with van der Waals surface area (Å²) < 4.78 is 11.9. The number of unbranched alkanes of at least 4 members (excludes halogenated alkanes) is 26. The van der Waals surface area contributed by atoms with Crippen molar-refractivity contribution in [3.05, 3.63) is 0 Å². The minimum absolute atomic E-state index is 0.176. The third kappa shape index (κ3) is 24.8. The van der Waals surface area contributed by atoms with Gasteiger partial charge in [0, 0.05) is 6.54 Å². The van der Waals surface area contributed by atoms with Crippen LogP contribution in [0.15, 0.2) is 0 Å². The Balaban J connectivity index is 2.64. The Kier molecular flexibility index (Phi) is 32.4. The van der Waals surface area contributed by atoms with Gasteiger partial charge in [0.05, 0.1) is 19.3 Å². The lowest BCUT2D eigenvalue weighted by molar-refractivity contribution is -0.226. The van der Waals surface area contributed by atoms with Crippen molar-refractivity contribution >= 4 is 12.0 Å². The van der Waals surface area contributed by atoms with Gasteiger partial charge in [-0.3, -0.25) is 9.69 Å². The molecule has 0 aromatic rings. The molecule has 0 aromatic carbocycles. The predicted molar refractivity (Wildman–Crippen MR) is 226 cm³/mol. The van der Waals surface area contributed by atoms with Crippen LogP contribution in [0.25, 0.3) is 0 Å². The van der Waals surface area contributed by atoms with Crippen molar-refractivity contribution < 1.29 is 34.4 Å². The SMILES string of the molecule is CCCCCCCCCCCCCCCCCCOC(=O)N(CCCCCCCCCCCCCC)[C@@H]1O[C@H](CO)[C@@H](O)[C@H](O)[C@H]1NC(=O)[C@@H](N)CC(C)C. The molecule has 1 heterocycles. The third-order valence-corrected chi connectivity index (χ3v) is 11.3. The summed E-state index contributed by atoms with van der Waals surface area (Å²) in [5, 5.41) is 34.7. The molecule has 10 nitrogen and oxygen atoms in total. The summed E-state index contributed by atoms with van der Waals surface area (Å²) in [5.41, 5.74) is 6.17. The van der Waals surface area contributed by atoms with E-state index in [-0.39, 0.29) is 12.5 Å². The maximum absolute atomic E-state index is 13.7. The number of hydrogen-bond acceptors (Lipinski definition) is 8. The molecule has 1 aliphatic heterocycles. The summed E-state index contributed by atoms with van der Waals surface area (Å²) in [6.07, 6.45) is 29.0. The second-order valence-electron chi connectivity index (χ2n) is 17.0. The molecule has 10 heteroatoms. The lowest BCUT2D eigenvalue weighted by Gasteiger charge is -2.46. The van der Waals surface area contributed by atoms with Gasteiger partial charge in [-0.1, -0.05) is 195 Å². The van der Waals surface area contributed by atoms with E-state index in [1.807, 2.05) is 13.8 Å². The second-order valence-corrected chi connectivity index (χ2v) is 17.0. The van der Waals surface area contributed by atoms with Crippen LogP contribution in [0.4, 0.5) is 4.79 Å². The Hall–Kier alpha value is -1.46. The predicted octanol–water partition coefficient (Wildman–Crippen LogP) is 9.68. The molecule has 55 heavy (non-hydrogen) atoms. The number of nitrogens with two attached hydrogens (primary N) is 1. The van der Waals surface area contributed by atoms with Gasteiger partial charge < -0.3 is 35.8 Å². The number of aliphatic hydroxyl groups excluding tert-OH is 3. The molecule has 1 aliphatic rings. The average molecular weight is 784 g/mol. The molecule has 6 atom stereocenters. The lowest BCUT2D eigenvalue weighted by atomic mass is 9.94. The number of hydrogen-bond donors (Lipinski definition) is 5. The number of carbonyl (C=O) groups excluding carboxylic acids is 2. The molecule has 0 saturated carbocycles. The number of amides is 2. The van der Waals surface area contributed by atoms with Crippen LogP contribution in [-0.4, -0.2) is 88.6 Å². The normalized spacial score (nSPS) is 20.5. The molecular formula is C45H89N3O7. The zero-order valence-corrected chi connectivity index (χ0v) is 36.2. The molecule has 2 amide bonds. The van der Waals surface area contributed by atoms with Gasteiger partial charge in [-0.15, -0.1) is 0 Å². The van der Waals surface area contributed by atoms with Crippen molar-refractivity contribution in [3.63, 3.8) is 0 Å². The lowest BCUT2D eigenvalue weighted by Crippen LogP contribution is -2.69. The highest BCUT2D eigenvalue weighted by Gasteiger charge is 2.48. The van der Waals surface area contributed by atoms with E-state index in [9.17, 15) is 24.9 Å². The van der Waals surface area contributed by atoms with Crippen molar-refractivity contribution in [2.24, 2.45) is 11.7 Å². The van der Waals surface area contributed by atoms with E-state index < -0.39 is 55.2 Å². The Labute approximate surface area is 337 Å². The molecule has 0 bridgehead atoms. The summed E-state index contributed by atoms with van der Waals surface area (Å²) in [4.78, 5) is 28.3. The summed E-state index contributed by atoms with van der Waals surface area (Å²) in [7, 11) is 0. The van der Waals surface area contributed by atoms with E-state index in [4.69, 9.17) is 15.2 Å². The Morgan fingerprint density at radius 2 is 1.05 bits per heavy atom. The fourth-order valence-corrected chi connectivity index (χ4v) is 7.74. The van der Waals surface area contributed by atoms with Crippen LogP contribution in [0.1, 0.15) is 214 Å². The molecule has 1 saturated heterocycles. The Bertz CT molecular complexity index is 910. The van der Waals surface area contributed by atoms with Gasteiger partial charge in [0.25, 0.3) is 0 Å². The van der Waals surface area contributed by atoms with Crippen molar-refractivity contribution in [2.75, 3.05) is 19.8 Å². The quantitative estimate of drug-likeness (QED) is 0.0394. The van der Waals surface area contributed by atoms with E-state index in [1.54, 1.807) is 0 Å². The maximum atomic E-state index is 13.7. The standard InChI is InChI=1S/C45H89N3O7/c1-5-7-9-11-13-15-17-19-20-21-22-24-26-28-30-32-34-54-45(53)48(33-31-29-27-25-23-18-16-14-12-10-8-6-2)44-40(42(51)41(50)39(36-49)55-44)47-43(52)38(46)35-37(3)4/h37-42,44,49-51H,5-36,46H2,1-4H3,(H,47,52)/t38-,39+,40+,41+,42+,44+/m0/s1. The van der Waals surface area contributed by atoms with E-state index in [2.05, 4.69) is 19.2 Å². The van der Waals surface area contributed by atoms with Gasteiger partial charge in [-0.2, -0.15) is 0 Å². The van der Waals surface area contributed by atoms with Crippen molar-refractivity contribution in [1.82, 2.24) is 10.2 Å². The highest BCUT2D eigenvalue weighted by molar-refractivity contribution is 5.82. The molecule has 0 spiro atoms. The molecule has 0 aromatic heterocycles. The van der Waals surface area contributed by atoms with Gasteiger partial charge in [0.2, 0.25) is 5.91 Å². The summed E-state index contributed by atoms with van der Waals surface area (Å²) in [5.74, 6) is -0.317. The molecule has 1 rings (SSSR count). The van der Waals surface area contributed by atoms with Crippen molar-refractivity contribution in [3.8, 4) is 0 Å².